The highest BCUT2D eigenvalue weighted by Gasteiger charge is 2.16. The summed E-state index contributed by atoms with van der Waals surface area (Å²) < 4.78 is 11.3. The fourth-order valence-electron chi connectivity index (χ4n) is 2.25. The van der Waals surface area contributed by atoms with Gasteiger partial charge in [0.2, 0.25) is 0 Å². The third kappa shape index (κ3) is 2.68. The van der Waals surface area contributed by atoms with Crippen molar-refractivity contribution >= 4 is 11.6 Å². The van der Waals surface area contributed by atoms with Gasteiger partial charge >= 0.3 is 5.97 Å². The molecule has 1 N–H and O–H groups in total. The van der Waals surface area contributed by atoms with Gasteiger partial charge in [-0.1, -0.05) is 12.1 Å². The Morgan fingerprint density at radius 1 is 1.35 bits per heavy atom. The van der Waals surface area contributed by atoms with Crippen molar-refractivity contribution in [3.05, 3.63) is 52.4 Å². The molecule has 0 bridgehead atoms. The van der Waals surface area contributed by atoms with E-state index >= 15 is 0 Å². The van der Waals surface area contributed by atoms with Gasteiger partial charge in [-0.05, 0) is 19.1 Å². The quantitative estimate of drug-likeness (QED) is 0.743. The summed E-state index contributed by atoms with van der Waals surface area (Å²) >= 11 is 0. The first-order valence-electron chi connectivity index (χ1n) is 7.06. The molecule has 23 heavy (non-hydrogen) atoms. The molecule has 7 nitrogen and oxygen atoms in total. The smallest absolute Gasteiger partial charge is 0.345 e. The standard InChI is InChI=1S/C16H15N3O4/c1-3-23-16(21)12-9-17-14-8-13(18-19(14)15(12)20)10-5-4-6-11(7-10)22-2/h4-9,18H,3H2,1-2H3. The number of carbonyl (C=O) groups is 1. The molecule has 0 aliphatic heterocycles. The lowest BCUT2D eigenvalue weighted by Gasteiger charge is -2.02. The van der Waals surface area contributed by atoms with Crippen LogP contribution in [0.25, 0.3) is 16.9 Å². The number of aromatic nitrogens is 3. The molecule has 0 radical (unpaired) electrons. The molecule has 0 amide bonds. The summed E-state index contributed by atoms with van der Waals surface area (Å²) in [5, 5.41) is 2.95. The van der Waals surface area contributed by atoms with E-state index < -0.39 is 11.5 Å². The van der Waals surface area contributed by atoms with Crippen LogP contribution in [-0.2, 0) is 4.74 Å². The lowest BCUT2D eigenvalue weighted by molar-refractivity contribution is 0.0523. The van der Waals surface area contributed by atoms with Gasteiger partial charge in [-0.2, -0.15) is 0 Å². The molecule has 0 unspecified atom stereocenters. The van der Waals surface area contributed by atoms with Crippen molar-refractivity contribution in [1.29, 1.82) is 0 Å². The summed E-state index contributed by atoms with van der Waals surface area (Å²) in [6.45, 7) is 1.87. The number of nitrogens with one attached hydrogen (secondary N) is 1. The molecule has 0 aliphatic rings. The average Bonchev–Trinajstić information content (AvgIpc) is 3.00. The highest BCUT2D eigenvalue weighted by atomic mass is 16.5. The number of ether oxygens (including phenoxy) is 2. The van der Waals surface area contributed by atoms with Crippen molar-refractivity contribution in [2.45, 2.75) is 6.92 Å². The number of esters is 1. The normalized spacial score (nSPS) is 10.7. The number of fused-ring (bicyclic) bond motifs is 1. The second-order valence-corrected chi connectivity index (χ2v) is 4.79. The third-order valence-electron chi connectivity index (χ3n) is 3.37. The summed E-state index contributed by atoms with van der Waals surface area (Å²) in [6, 6.07) is 9.12. The van der Waals surface area contributed by atoms with E-state index in [1.807, 2.05) is 24.3 Å². The lowest BCUT2D eigenvalue weighted by Crippen LogP contribution is -2.24. The van der Waals surface area contributed by atoms with Crippen LogP contribution in [0.15, 0.2) is 41.3 Å². The molecule has 118 valence electrons. The Kier molecular flexibility index (Phi) is 3.84. The second-order valence-electron chi connectivity index (χ2n) is 4.79. The maximum atomic E-state index is 12.4. The van der Waals surface area contributed by atoms with Crippen molar-refractivity contribution in [3.63, 3.8) is 0 Å². The Balaban J connectivity index is 2.10. The van der Waals surface area contributed by atoms with E-state index in [0.717, 1.165) is 5.56 Å². The van der Waals surface area contributed by atoms with Crippen LogP contribution in [-0.4, -0.2) is 34.3 Å². The number of nitrogens with zero attached hydrogens (tertiary/aromatic N) is 2. The molecule has 2 aromatic heterocycles. The molecule has 1 aromatic carbocycles. The fraction of sp³-hybridized carbons (Fsp3) is 0.188. The molecule has 3 rings (SSSR count). The molecule has 0 saturated carbocycles. The number of benzene rings is 1. The Bertz CT molecular complexity index is 926. The van der Waals surface area contributed by atoms with Crippen LogP contribution in [0.5, 0.6) is 5.75 Å². The van der Waals surface area contributed by atoms with Crippen LogP contribution in [0.3, 0.4) is 0 Å². The fourth-order valence-corrected chi connectivity index (χ4v) is 2.25. The summed E-state index contributed by atoms with van der Waals surface area (Å²) in [5.41, 5.74) is 1.34. The zero-order valence-corrected chi connectivity index (χ0v) is 12.7. The molecule has 0 fully saturated rings. The summed E-state index contributed by atoms with van der Waals surface area (Å²) in [7, 11) is 1.59. The molecular weight excluding hydrogens is 298 g/mol. The minimum absolute atomic E-state index is 0.108. The Morgan fingerprint density at radius 3 is 2.91 bits per heavy atom. The maximum absolute atomic E-state index is 12.4. The summed E-state index contributed by atoms with van der Waals surface area (Å²) in [6.07, 6.45) is 1.23. The minimum atomic E-state index is -0.683. The van der Waals surface area contributed by atoms with E-state index in [1.54, 1.807) is 20.1 Å². The number of aromatic amines is 1. The predicted octanol–water partition coefficient (Wildman–Crippen LogP) is 1.87. The maximum Gasteiger partial charge on any atom is 0.345 e. The van der Waals surface area contributed by atoms with Gasteiger partial charge < -0.3 is 9.47 Å². The van der Waals surface area contributed by atoms with E-state index in [1.165, 1.54) is 10.7 Å². The van der Waals surface area contributed by atoms with Crippen molar-refractivity contribution in [2.75, 3.05) is 13.7 Å². The van der Waals surface area contributed by atoms with Crippen LogP contribution in [0.4, 0.5) is 0 Å². The molecule has 0 aliphatic carbocycles. The van der Waals surface area contributed by atoms with E-state index in [9.17, 15) is 9.59 Å². The SMILES string of the molecule is CCOC(=O)c1cnc2cc(-c3cccc(OC)c3)[nH]n2c1=O. The predicted molar refractivity (Wildman–Crippen MR) is 83.8 cm³/mol. The van der Waals surface area contributed by atoms with Gasteiger partial charge in [0.25, 0.3) is 5.56 Å². The number of rotatable bonds is 4. The van der Waals surface area contributed by atoms with Gasteiger partial charge in [0.05, 0.1) is 19.4 Å². The van der Waals surface area contributed by atoms with E-state index in [-0.39, 0.29) is 12.2 Å². The molecule has 0 spiro atoms. The zero-order chi connectivity index (χ0) is 16.4. The van der Waals surface area contributed by atoms with E-state index in [0.29, 0.717) is 17.1 Å². The average molecular weight is 313 g/mol. The second kappa shape index (κ2) is 5.96. The van der Waals surface area contributed by atoms with Crippen LogP contribution in [0, 0.1) is 0 Å². The lowest BCUT2D eigenvalue weighted by atomic mass is 10.1. The Labute approximate surface area is 131 Å². The molecule has 0 saturated heterocycles. The highest BCUT2D eigenvalue weighted by molar-refractivity contribution is 5.88. The van der Waals surface area contributed by atoms with Crippen molar-refractivity contribution < 1.29 is 14.3 Å². The number of hydrogen-bond donors (Lipinski definition) is 1. The van der Waals surface area contributed by atoms with Gasteiger partial charge in [0.15, 0.2) is 5.65 Å². The zero-order valence-electron chi connectivity index (χ0n) is 12.7. The van der Waals surface area contributed by atoms with Crippen LogP contribution in [0.1, 0.15) is 17.3 Å². The first kappa shape index (κ1) is 14.8. The topological polar surface area (TPSA) is 85.7 Å². The van der Waals surface area contributed by atoms with Gasteiger partial charge in [-0.25, -0.2) is 14.3 Å². The first-order valence-corrected chi connectivity index (χ1v) is 7.06. The summed E-state index contributed by atoms with van der Waals surface area (Å²) in [5.74, 6) is 0.0191. The molecular formula is C16H15N3O4. The van der Waals surface area contributed by atoms with Crippen LogP contribution < -0.4 is 10.3 Å². The van der Waals surface area contributed by atoms with Gasteiger partial charge in [0.1, 0.15) is 11.3 Å². The van der Waals surface area contributed by atoms with Crippen molar-refractivity contribution in [2.24, 2.45) is 0 Å². The van der Waals surface area contributed by atoms with Gasteiger partial charge in [0, 0.05) is 17.8 Å². The molecule has 0 atom stereocenters. The van der Waals surface area contributed by atoms with E-state index in [4.69, 9.17) is 9.47 Å². The minimum Gasteiger partial charge on any atom is -0.497 e. The molecule has 2 heterocycles. The third-order valence-corrected chi connectivity index (χ3v) is 3.37. The van der Waals surface area contributed by atoms with E-state index in [2.05, 4.69) is 10.1 Å². The van der Waals surface area contributed by atoms with Crippen molar-refractivity contribution in [1.82, 2.24) is 14.6 Å². The Hall–Kier alpha value is -3.09. The van der Waals surface area contributed by atoms with Crippen molar-refractivity contribution in [3.8, 4) is 17.0 Å². The first-order chi connectivity index (χ1) is 11.1. The molecule has 7 heteroatoms. The largest absolute Gasteiger partial charge is 0.497 e. The summed E-state index contributed by atoms with van der Waals surface area (Å²) in [4.78, 5) is 28.3. The molecule has 3 aromatic rings. The van der Waals surface area contributed by atoms with Gasteiger partial charge in [-0.15, -0.1) is 0 Å². The monoisotopic (exact) mass is 313 g/mol. The van der Waals surface area contributed by atoms with Gasteiger partial charge in [-0.3, -0.25) is 9.89 Å². The number of methoxy groups -OCH3 is 1. The van der Waals surface area contributed by atoms with Crippen LogP contribution >= 0.6 is 0 Å². The van der Waals surface area contributed by atoms with Crippen LogP contribution in [0.2, 0.25) is 0 Å². The Morgan fingerprint density at radius 2 is 2.17 bits per heavy atom. The highest BCUT2D eigenvalue weighted by Crippen LogP contribution is 2.22. The number of H-pyrrole nitrogens is 1. The number of carbonyl (C=O) groups excluding carboxylic acids is 1. The number of hydrogen-bond acceptors (Lipinski definition) is 5.